The maximum Gasteiger partial charge on any atom is 0.0963 e. The lowest BCUT2D eigenvalue weighted by Crippen LogP contribution is -2.63. The number of carbonyl (C=O) groups excluding carboxylic acids is 1. The topological polar surface area (TPSA) is 64.6 Å². The van der Waals surface area contributed by atoms with Gasteiger partial charge in [0.05, 0.1) is 24.2 Å². The monoisotopic (exact) mass is 405 g/mol. The molecule has 1 rings (SSSR count). The van der Waals surface area contributed by atoms with Gasteiger partial charge in [0.1, 0.15) is 0 Å². The third-order valence-corrected chi connectivity index (χ3v) is 5.56. The Bertz CT molecular complexity index is 577. The van der Waals surface area contributed by atoms with E-state index in [-0.39, 0.29) is 29.8 Å². The molecule has 0 saturated carbocycles. The lowest BCUT2D eigenvalue weighted by Gasteiger charge is -2.48. The van der Waals surface area contributed by atoms with Gasteiger partial charge in [0.25, 0.3) is 0 Å². The maximum absolute atomic E-state index is 12.1. The minimum absolute atomic E-state index is 0.0476. The molecule has 0 aromatic rings. The van der Waals surface area contributed by atoms with Crippen LogP contribution in [0.2, 0.25) is 0 Å². The molecule has 5 heteroatoms. The molecular weight excluding hydrogens is 364 g/mol. The van der Waals surface area contributed by atoms with Crippen molar-refractivity contribution in [1.29, 1.82) is 0 Å². The molecule has 3 atom stereocenters. The average molecular weight is 406 g/mol. The molecule has 1 aliphatic rings. The first kappa shape index (κ1) is 25.6. The molecular formula is C24H41N2O3-. The highest BCUT2D eigenvalue weighted by atomic mass is 16.5. The fourth-order valence-corrected chi connectivity index (χ4v) is 4.25. The van der Waals surface area contributed by atoms with E-state index in [4.69, 9.17) is 4.74 Å². The number of ether oxygens (including phenoxy) is 1. The Labute approximate surface area is 177 Å². The summed E-state index contributed by atoms with van der Waals surface area (Å²) in [6.45, 7) is 21.7. The SMILES string of the molecule is C=CCN(CC=C)[C@H]1CC(C(=O)[O-])=C(CC)[C@@H](OC(CC)CC)[C@@H]1NC(C)(C)C. The predicted molar refractivity (Wildman–Crippen MR) is 119 cm³/mol. The van der Waals surface area contributed by atoms with Crippen LogP contribution in [0.5, 0.6) is 0 Å². The third-order valence-electron chi connectivity index (χ3n) is 5.56. The molecule has 0 aromatic carbocycles. The van der Waals surface area contributed by atoms with Crippen LogP contribution in [-0.2, 0) is 9.53 Å². The number of hydrogen-bond acceptors (Lipinski definition) is 5. The van der Waals surface area contributed by atoms with Crippen LogP contribution in [0.25, 0.3) is 0 Å². The summed E-state index contributed by atoms with van der Waals surface area (Å²) < 4.78 is 6.58. The Morgan fingerprint density at radius 3 is 2.17 bits per heavy atom. The molecule has 1 aliphatic carbocycles. The van der Waals surface area contributed by atoms with Crippen molar-refractivity contribution in [3.63, 3.8) is 0 Å². The largest absolute Gasteiger partial charge is 0.545 e. The van der Waals surface area contributed by atoms with E-state index in [1.165, 1.54) is 0 Å². The summed E-state index contributed by atoms with van der Waals surface area (Å²) >= 11 is 0. The normalized spacial score (nSPS) is 23.0. The number of nitrogens with zero attached hydrogens (tertiary/aromatic N) is 1. The molecule has 0 amide bonds. The van der Waals surface area contributed by atoms with Crippen LogP contribution < -0.4 is 10.4 Å². The number of carbonyl (C=O) groups is 1. The van der Waals surface area contributed by atoms with Crippen molar-refractivity contribution in [1.82, 2.24) is 10.2 Å². The molecule has 0 saturated heterocycles. The molecule has 0 aliphatic heterocycles. The average Bonchev–Trinajstić information content (AvgIpc) is 2.64. The van der Waals surface area contributed by atoms with E-state index in [2.05, 4.69) is 58.0 Å². The van der Waals surface area contributed by atoms with E-state index < -0.39 is 5.97 Å². The quantitative estimate of drug-likeness (QED) is 0.505. The fraction of sp³-hybridized carbons (Fsp3) is 0.708. The zero-order valence-corrected chi connectivity index (χ0v) is 19.3. The predicted octanol–water partition coefficient (Wildman–Crippen LogP) is 3.22. The number of aliphatic carboxylic acids is 1. The van der Waals surface area contributed by atoms with Gasteiger partial charge in [0.2, 0.25) is 0 Å². The van der Waals surface area contributed by atoms with Crippen molar-refractivity contribution in [2.45, 2.75) is 97.1 Å². The van der Waals surface area contributed by atoms with Crippen LogP contribution in [0.3, 0.4) is 0 Å². The van der Waals surface area contributed by atoms with Crippen molar-refractivity contribution in [2.24, 2.45) is 0 Å². The molecule has 0 heterocycles. The Morgan fingerprint density at radius 1 is 1.24 bits per heavy atom. The van der Waals surface area contributed by atoms with E-state index in [0.29, 0.717) is 31.5 Å². The second-order valence-corrected chi connectivity index (χ2v) is 8.86. The van der Waals surface area contributed by atoms with Crippen molar-refractivity contribution in [3.05, 3.63) is 36.5 Å². The molecule has 29 heavy (non-hydrogen) atoms. The first-order valence-electron chi connectivity index (χ1n) is 11.0. The second kappa shape index (κ2) is 11.7. The van der Waals surface area contributed by atoms with Gasteiger partial charge >= 0.3 is 0 Å². The third kappa shape index (κ3) is 7.09. The first-order chi connectivity index (χ1) is 13.6. The van der Waals surface area contributed by atoms with Crippen LogP contribution in [0.15, 0.2) is 36.5 Å². The Balaban J connectivity index is 3.56. The number of hydrogen-bond donors (Lipinski definition) is 1. The summed E-state index contributed by atoms with van der Waals surface area (Å²) in [6.07, 6.45) is 6.31. The number of carboxylic acid groups (broad SMARTS) is 1. The molecule has 166 valence electrons. The van der Waals surface area contributed by atoms with Gasteiger partial charge in [-0.05, 0) is 57.6 Å². The smallest absolute Gasteiger partial charge is 0.0963 e. The van der Waals surface area contributed by atoms with Gasteiger partial charge in [-0.25, -0.2) is 0 Å². The number of nitrogens with one attached hydrogen (secondary N) is 1. The Morgan fingerprint density at radius 2 is 1.79 bits per heavy atom. The van der Waals surface area contributed by atoms with Gasteiger partial charge in [-0.3, -0.25) is 4.90 Å². The molecule has 0 bridgehead atoms. The van der Waals surface area contributed by atoms with Crippen LogP contribution in [0, 0.1) is 0 Å². The van der Waals surface area contributed by atoms with Crippen LogP contribution in [0.4, 0.5) is 0 Å². The van der Waals surface area contributed by atoms with Gasteiger partial charge in [-0.2, -0.15) is 0 Å². The highest BCUT2D eigenvalue weighted by molar-refractivity contribution is 5.86. The number of rotatable bonds is 12. The van der Waals surface area contributed by atoms with Crippen molar-refractivity contribution >= 4 is 5.97 Å². The molecule has 0 unspecified atom stereocenters. The van der Waals surface area contributed by atoms with E-state index in [9.17, 15) is 9.90 Å². The van der Waals surface area contributed by atoms with Crippen molar-refractivity contribution in [3.8, 4) is 0 Å². The molecule has 5 nitrogen and oxygen atoms in total. The van der Waals surface area contributed by atoms with Gasteiger partial charge < -0.3 is 20.0 Å². The van der Waals surface area contributed by atoms with Gasteiger partial charge in [0.15, 0.2) is 0 Å². The zero-order chi connectivity index (χ0) is 22.2. The van der Waals surface area contributed by atoms with Gasteiger partial charge in [-0.1, -0.05) is 32.9 Å². The Hall–Kier alpha value is -1.43. The van der Waals surface area contributed by atoms with Gasteiger partial charge in [0, 0.05) is 24.7 Å². The van der Waals surface area contributed by atoms with E-state index >= 15 is 0 Å². The molecule has 0 aromatic heterocycles. The Kier molecular flexibility index (Phi) is 10.3. The van der Waals surface area contributed by atoms with E-state index in [0.717, 1.165) is 18.4 Å². The number of carboxylic acids is 1. The van der Waals surface area contributed by atoms with Crippen LogP contribution in [-0.4, -0.2) is 53.8 Å². The van der Waals surface area contributed by atoms with Gasteiger partial charge in [-0.15, -0.1) is 13.2 Å². The summed E-state index contributed by atoms with van der Waals surface area (Å²) in [5.74, 6) is -1.09. The minimum atomic E-state index is -1.09. The summed E-state index contributed by atoms with van der Waals surface area (Å²) in [6, 6.07) is -0.110. The highest BCUT2D eigenvalue weighted by Gasteiger charge is 2.43. The lowest BCUT2D eigenvalue weighted by molar-refractivity contribution is -0.300. The molecule has 0 radical (unpaired) electrons. The lowest BCUT2D eigenvalue weighted by atomic mass is 9.79. The summed E-state index contributed by atoms with van der Waals surface area (Å²) in [5.41, 5.74) is 1.09. The standard InChI is InChI=1S/C24H42N2O3/c1-9-14-26(15-10-2)20-16-19(23(27)28)18(13-5)22(29-17(11-3)12-4)21(20)25-24(6,7)8/h9-10,17,20-22,25H,1-2,11-16H2,3-8H3,(H,27,28)/p-1/t20-,21+,22+/m0/s1. The molecule has 0 fully saturated rings. The fourth-order valence-electron chi connectivity index (χ4n) is 4.25. The maximum atomic E-state index is 12.1. The van der Waals surface area contributed by atoms with Crippen molar-refractivity contribution < 1.29 is 14.6 Å². The molecule has 0 spiro atoms. The van der Waals surface area contributed by atoms with E-state index in [1.807, 2.05) is 19.1 Å². The minimum Gasteiger partial charge on any atom is -0.545 e. The van der Waals surface area contributed by atoms with Crippen molar-refractivity contribution in [2.75, 3.05) is 13.1 Å². The molecule has 1 N–H and O–H groups in total. The second-order valence-electron chi connectivity index (χ2n) is 8.86. The van der Waals surface area contributed by atoms with E-state index in [1.54, 1.807) is 0 Å². The zero-order valence-electron chi connectivity index (χ0n) is 19.3. The summed E-state index contributed by atoms with van der Waals surface area (Å²) in [4.78, 5) is 14.3. The van der Waals surface area contributed by atoms with Crippen LogP contribution in [0.1, 0.15) is 67.2 Å². The summed E-state index contributed by atoms with van der Waals surface area (Å²) in [7, 11) is 0. The first-order valence-corrected chi connectivity index (χ1v) is 11.0. The highest BCUT2D eigenvalue weighted by Crippen LogP contribution is 2.35. The van der Waals surface area contributed by atoms with Crippen LogP contribution >= 0.6 is 0 Å². The summed E-state index contributed by atoms with van der Waals surface area (Å²) in [5, 5.41) is 15.8.